The van der Waals surface area contributed by atoms with Crippen molar-refractivity contribution in [2.45, 2.75) is 20.3 Å². The fraction of sp³-hybridized carbons (Fsp3) is 0.400. The molecule has 2 rings (SSSR count). The standard InChI is InChI=1S/C15H19N3O4/c1-3-20-13-6-5-11(9-14(13)21-4-2)7-8-16-15(19)12-10-17-22-18-12/h5-6,9-10H,3-4,7-8H2,1-2H3,(H,16,19). The summed E-state index contributed by atoms with van der Waals surface area (Å²) in [6.45, 7) is 5.48. The zero-order valence-corrected chi connectivity index (χ0v) is 12.7. The number of ether oxygens (including phenoxy) is 2. The van der Waals surface area contributed by atoms with Gasteiger partial charge in [-0.2, -0.15) is 0 Å². The van der Waals surface area contributed by atoms with Gasteiger partial charge in [0.15, 0.2) is 17.2 Å². The third-order valence-corrected chi connectivity index (χ3v) is 2.90. The number of nitrogens with one attached hydrogen (secondary N) is 1. The summed E-state index contributed by atoms with van der Waals surface area (Å²) in [6, 6.07) is 5.77. The molecule has 0 saturated carbocycles. The molecular formula is C15H19N3O4. The van der Waals surface area contributed by atoms with Crippen molar-refractivity contribution in [3.05, 3.63) is 35.7 Å². The minimum absolute atomic E-state index is 0.168. The number of nitrogens with zero attached hydrogens (tertiary/aromatic N) is 2. The molecule has 0 radical (unpaired) electrons. The average Bonchev–Trinajstić information content (AvgIpc) is 3.04. The van der Waals surface area contributed by atoms with Crippen molar-refractivity contribution in [1.29, 1.82) is 0 Å². The van der Waals surface area contributed by atoms with Gasteiger partial charge in [0, 0.05) is 6.54 Å². The number of carbonyl (C=O) groups excluding carboxylic acids is 1. The lowest BCUT2D eigenvalue weighted by atomic mass is 10.1. The molecular weight excluding hydrogens is 286 g/mol. The van der Waals surface area contributed by atoms with Gasteiger partial charge < -0.3 is 14.8 Å². The minimum Gasteiger partial charge on any atom is -0.490 e. The summed E-state index contributed by atoms with van der Waals surface area (Å²) in [7, 11) is 0. The SMILES string of the molecule is CCOc1ccc(CCNC(=O)c2cnon2)cc1OCC. The zero-order valence-electron chi connectivity index (χ0n) is 12.7. The highest BCUT2D eigenvalue weighted by atomic mass is 16.6. The molecule has 7 nitrogen and oxygen atoms in total. The summed E-state index contributed by atoms with van der Waals surface area (Å²) in [6.07, 6.45) is 1.95. The normalized spacial score (nSPS) is 10.3. The van der Waals surface area contributed by atoms with Gasteiger partial charge in [0.1, 0.15) is 6.20 Å². The van der Waals surface area contributed by atoms with E-state index < -0.39 is 0 Å². The molecule has 1 amide bonds. The number of hydrogen-bond acceptors (Lipinski definition) is 6. The lowest BCUT2D eigenvalue weighted by Crippen LogP contribution is -2.25. The van der Waals surface area contributed by atoms with Crippen LogP contribution >= 0.6 is 0 Å². The van der Waals surface area contributed by atoms with E-state index in [4.69, 9.17) is 9.47 Å². The molecule has 2 aromatic rings. The maximum absolute atomic E-state index is 11.7. The Morgan fingerprint density at radius 3 is 2.68 bits per heavy atom. The van der Waals surface area contributed by atoms with Crippen LogP contribution in [0.25, 0.3) is 0 Å². The van der Waals surface area contributed by atoms with Crippen LogP contribution in [0.1, 0.15) is 29.9 Å². The first kappa shape index (κ1) is 15.8. The summed E-state index contributed by atoms with van der Waals surface area (Å²) in [5, 5.41) is 9.62. The van der Waals surface area contributed by atoms with E-state index in [0.717, 1.165) is 11.3 Å². The summed E-state index contributed by atoms with van der Waals surface area (Å²) < 4.78 is 15.5. The fourth-order valence-corrected chi connectivity index (χ4v) is 1.93. The Kier molecular flexibility index (Phi) is 5.76. The molecule has 1 N–H and O–H groups in total. The Balaban J connectivity index is 1.92. The third kappa shape index (κ3) is 4.21. The molecule has 22 heavy (non-hydrogen) atoms. The fourth-order valence-electron chi connectivity index (χ4n) is 1.93. The molecule has 1 aromatic carbocycles. The number of aromatic nitrogens is 2. The van der Waals surface area contributed by atoms with Gasteiger partial charge in [-0.3, -0.25) is 4.79 Å². The Morgan fingerprint density at radius 1 is 1.23 bits per heavy atom. The Bertz CT molecular complexity index is 599. The molecule has 0 aliphatic rings. The van der Waals surface area contributed by atoms with Crippen LogP contribution in [0.2, 0.25) is 0 Å². The second kappa shape index (κ2) is 8.02. The maximum atomic E-state index is 11.7. The van der Waals surface area contributed by atoms with Crippen LogP contribution in [0.15, 0.2) is 29.0 Å². The lowest BCUT2D eigenvalue weighted by molar-refractivity contribution is 0.0944. The van der Waals surface area contributed by atoms with Crippen molar-refractivity contribution in [3.63, 3.8) is 0 Å². The third-order valence-electron chi connectivity index (χ3n) is 2.90. The van der Waals surface area contributed by atoms with Crippen LogP contribution in [0.3, 0.4) is 0 Å². The van der Waals surface area contributed by atoms with Crippen LogP contribution in [-0.2, 0) is 6.42 Å². The number of amides is 1. The van der Waals surface area contributed by atoms with Crippen molar-refractivity contribution in [2.75, 3.05) is 19.8 Å². The molecule has 7 heteroatoms. The van der Waals surface area contributed by atoms with Gasteiger partial charge in [0.25, 0.3) is 5.91 Å². The smallest absolute Gasteiger partial charge is 0.275 e. The van der Waals surface area contributed by atoms with Crippen molar-refractivity contribution in [1.82, 2.24) is 15.6 Å². The van der Waals surface area contributed by atoms with Crippen LogP contribution in [0, 0.1) is 0 Å². The van der Waals surface area contributed by atoms with Gasteiger partial charge in [-0.25, -0.2) is 4.63 Å². The molecule has 0 unspecified atom stereocenters. The molecule has 0 aliphatic heterocycles. The second-order valence-electron chi connectivity index (χ2n) is 4.45. The number of hydrogen-bond donors (Lipinski definition) is 1. The van der Waals surface area contributed by atoms with E-state index in [1.54, 1.807) is 0 Å². The average molecular weight is 305 g/mol. The molecule has 0 spiro atoms. The van der Waals surface area contributed by atoms with Crippen LogP contribution in [0.5, 0.6) is 11.5 Å². The number of carbonyl (C=O) groups is 1. The van der Waals surface area contributed by atoms with Gasteiger partial charge in [0.2, 0.25) is 0 Å². The summed E-state index contributed by atoms with van der Waals surface area (Å²) in [5.74, 6) is 1.14. The number of rotatable bonds is 8. The minimum atomic E-state index is -0.308. The number of benzene rings is 1. The summed E-state index contributed by atoms with van der Waals surface area (Å²) in [4.78, 5) is 11.7. The van der Waals surface area contributed by atoms with Crippen molar-refractivity contribution in [2.24, 2.45) is 0 Å². The molecule has 1 aromatic heterocycles. The largest absolute Gasteiger partial charge is 0.490 e. The van der Waals surface area contributed by atoms with Gasteiger partial charge in [-0.1, -0.05) is 11.2 Å². The van der Waals surface area contributed by atoms with E-state index in [2.05, 4.69) is 20.3 Å². The highest BCUT2D eigenvalue weighted by molar-refractivity contribution is 5.91. The van der Waals surface area contributed by atoms with Crippen LogP contribution in [-0.4, -0.2) is 36.0 Å². The van der Waals surface area contributed by atoms with Crippen molar-refractivity contribution >= 4 is 5.91 Å². The molecule has 0 atom stereocenters. The monoisotopic (exact) mass is 305 g/mol. The van der Waals surface area contributed by atoms with E-state index in [1.165, 1.54) is 6.20 Å². The van der Waals surface area contributed by atoms with E-state index in [-0.39, 0.29) is 11.6 Å². The first-order valence-electron chi connectivity index (χ1n) is 7.18. The van der Waals surface area contributed by atoms with Gasteiger partial charge in [-0.05, 0) is 43.1 Å². The van der Waals surface area contributed by atoms with E-state index in [0.29, 0.717) is 31.9 Å². The molecule has 118 valence electrons. The predicted molar refractivity (Wildman–Crippen MR) is 79.1 cm³/mol. The summed E-state index contributed by atoms with van der Waals surface area (Å²) in [5.41, 5.74) is 1.21. The first-order chi connectivity index (χ1) is 10.7. The Hall–Kier alpha value is -2.57. The molecule has 0 aliphatic carbocycles. The van der Waals surface area contributed by atoms with Crippen molar-refractivity contribution < 1.29 is 18.9 Å². The first-order valence-corrected chi connectivity index (χ1v) is 7.18. The van der Waals surface area contributed by atoms with E-state index in [9.17, 15) is 4.79 Å². The second-order valence-corrected chi connectivity index (χ2v) is 4.45. The molecule has 0 fully saturated rings. The van der Waals surface area contributed by atoms with E-state index >= 15 is 0 Å². The molecule has 1 heterocycles. The van der Waals surface area contributed by atoms with Crippen molar-refractivity contribution in [3.8, 4) is 11.5 Å². The highest BCUT2D eigenvalue weighted by Gasteiger charge is 2.10. The van der Waals surface area contributed by atoms with Gasteiger partial charge in [0.05, 0.1) is 13.2 Å². The van der Waals surface area contributed by atoms with Gasteiger partial charge in [-0.15, -0.1) is 0 Å². The maximum Gasteiger partial charge on any atom is 0.275 e. The zero-order chi connectivity index (χ0) is 15.8. The Labute approximate surface area is 128 Å². The van der Waals surface area contributed by atoms with E-state index in [1.807, 2.05) is 32.0 Å². The molecule has 0 saturated heterocycles. The quantitative estimate of drug-likeness (QED) is 0.801. The highest BCUT2D eigenvalue weighted by Crippen LogP contribution is 2.28. The van der Waals surface area contributed by atoms with Gasteiger partial charge >= 0.3 is 0 Å². The molecule has 0 bridgehead atoms. The summed E-state index contributed by atoms with van der Waals surface area (Å²) >= 11 is 0. The topological polar surface area (TPSA) is 86.5 Å². The van der Waals surface area contributed by atoms with Crippen LogP contribution < -0.4 is 14.8 Å². The predicted octanol–water partition coefficient (Wildman–Crippen LogP) is 1.84. The van der Waals surface area contributed by atoms with Crippen LogP contribution in [0.4, 0.5) is 0 Å². The Morgan fingerprint density at radius 2 is 2.00 bits per heavy atom. The lowest BCUT2D eigenvalue weighted by Gasteiger charge is -2.12.